The van der Waals surface area contributed by atoms with Gasteiger partial charge in [0.25, 0.3) is 5.91 Å². The van der Waals surface area contributed by atoms with Crippen molar-refractivity contribution < 1.29 is 9.90 Å². The zero-order chi connectivity index (χ0) is 17.1. The van der Waals surface area contributed by atoms with Crippen molar-refractivity contribution in [3.8, 4) is 6.07 Å². The van der Waals surface area contributed by atoms with Gasteiger partial charge in [-0.1, -0.05) is 18.2 Å². The normalized spacial score (nSPS) is 23.4. The Kier molecular flexibility index (Phi) is 4.49. The summed E-state index contributed by atoms with van der Waals surface area (Å²) in [5.74, 6) is -0.556. The summed E-state index contributed by atoms with van der Waals surface area (Å²) in [7, 11) is 0. The van der Waals surface area contributed by atoms with E-state index in [1.807, 2.05) is 30.3 Å². The number of aromatic nitrogens is 2. The molecule has 1 saturated carbocycles. The minimum atomic E-state index is -0.580. The SMILES string of the molecule is N#C[C@H]1C[C@@H](O)CC[C@@H]1n1cc(C(N)=O)c(Nc2ccccc2)n1. The molecule has 0 unspecified atom stereocenters. The molecular formula is C17H19N5O2. The van der Waals surface area contributed by atoms with Crippen molar-refractivity contribution >= 4 is 17.4 Å². The first-order valence-corrected chi connectivity index (χ1v) is 7.87. The van der Waals surface area contributed by atoms with Crippen LogP contribution in [0.5, 0.6) is 0 Å². The summed E-state index contributed by atoms with van der Waals surface area (Å²) in [6.07, 6.45) is 2.77. The second-order valence-corrected chi connectivity index (χ2v) is 6.00. The van der Waals surface area contributed by atoms with Crippen LogP contribution in [-0.4, -0.2) is 26.9 Å². The van der Waals surface area contributed by atoms with E-state index in [1.54, 1.807) is 10.9 Å². The number of rotatable bonds is 4. The number of benzene rings is 1. The number of nitrogens with zero attached hydrogens (tertiary/aromatic N) is 3. The number of amides is 1. The molecule has 1 fully saturated rings. The molecule has 124 valence electrons. The van der Waals surface area contributed by atoms with Crippen molar-refractivity contribution in [1.82, 2.24) is 9.78 Å². The molecule has 24 heavy (non-hydrogen) atoms. The second-order valence-electron chi connectivity index (χ2n) is 6.00. The quantitative estimate of drug-likeness (QED) is 0.794. The first-order chi connectivity index (χ1) is 11.6. The lowest BCUT2D eigenvalue weighted by Gasteiger charge is -2.30. The maximum Gasteiger partial charge on any atom is 0.254 e. The molecule has 0 spiro atoms. The second kappa shape index (κ2) is 6.72. The highest BCUT2D eigenvalue weighted by Crippen LogP contribution is 2.34. The van der Waals surface area contributed by atoms with E-state index in [0.717, 1.165) is 5.69 Å². The zero-order valence-electron chi connectivity index (χ0n) is 13.1. The molecule has 1 aliphatic rings. The molecule has 1 heterocycles. The highest BCUT2D eigenvalue weighted by molar-refractivity contribution is 5.98. The fourth-order valence-electron chi connectivity index (χ4n) is 3.08. The van der Waals surface area contributed by atoms with E-state index in [9.17, 15) is 15.2 Å². The fourth-order valence-corrected chi connectivity index (χ4v) is 3.08. The predicted octanol–water partition coefficient (Wildman–Crippen LogP) is 1.95. The van der Waals surface area contributed by atoms with Crippen LogP contribution in [0.2, 0.25) is 0 Å². The van der Waals surface area contributed by atoms with Gasteiger partial charge < -0.3 is 16.2 Å². The highest BCUT2D eigenvalue weighted by atomic mass is 16.3. The number of hydrogen-bond acceptors (Lipinski definition) is 5. The Hall–Kier alpha value is -2.85. The number of para-hydroxylation sites is 1. The molecule has 0 saturated heterocycles. The van der Waals surface area contributed by atoms with Crippen molar-refractivity contribution in [2.75, 3.05) is 5.32 Å². The number of nitrogens with two attached hydrogens (primary N) is 1. The zero-order valence-corrected chi connectivity index (χ0v) is 13.1. The lowest BCUT2D eigenvalue weighted by molar-refractivity contribution is 0.0861. The van der Waals surface area contributed by atoms with Gasteiger partial charge in [-0.05, 0) is 31.4 Å². The lowest BCUT2D eigenvalue weighted by atomic mass is 9.84. The summed E-state index contributed by atoms with van der Waals surface area (Å²) < 4.78 is 1.63. The average molecular weight is 325 g/mol. The van der Waals surface area contributed by atoms with Gasteiger partial charge in [-0.2, -0.15) is 10.4 Å². The Balaban J connectivity index is 1.91. The van der Waals surface area contributed by atoms with Crippen molar-refractivity contribution in [3.05, 3.63) is 42.1 Å². The Morgan fingerprint density at radius 1 is 1.38 bits per heavy atom. The average Bonchev–Trinajstić information content (AvgIpc) is 2.99. The third kappa shape index (κ3) is 3.24. The Morgan fingerprint density at radius 2 is 2.12 bits per heavy atom. The molecule has 0 radical (unpaired) electrons. The first kappa shape index (κ1) is 16.0. The predicted molar refractivity (Wildman–Crippen MR) is 88.5 cm³/mol. The number of carbonyl (C=O) groups excluding carboxylic acids is 1. The number of carbonyl (C=O) groups is 1. The largest absolute Gasteiger partial charge is 0.393 e. The van der Waals surface area contributed by atoms with E-state index in [4.69, 9.17) is 5.73 Å². The molecule has 7 heteroatoms. The van der Waals surface area contributed by atoms with Crippen LogP contribution >= 0.6 is 0 Å². The van der Waals surface area contributed by atoms with E-state index in [0.29, 0.717) is 25.1 Å². The third-order valence-corrected chi connectivity index (χ3v) is 4.33. The molecule has 1 aliphatic carbocycles. The maximum atomic E-state index is 11.7. The van der Waals surface area contributed by atoms with Gasteiger partial charge in [0.15, 0.2) is 5.82 Å². The van der Waals surface area contributed by atoms with Gasteiger partial charge in [-0.3, -0.25) is 9.48 Å². The van der Waals surface area contributed by atoms with Crippen molar-refractivity contribution in [2.45, 2.75) is 31.4 Å². The molecule has 1 aromatic heterocycles. The molecule has 0 aliphatic heterocycles. The van der Waals surface area contributed by atoms with Crippen LogP contribution in [-0.2, 0) is 0 Å². The van der Waals surface area contributed by atoms with Crippen LogP contribution < -0.4 is 11.1 Å². The van der Waals surface area contributed by atoms with Crippen LogP contribution in [0, 0.1) is 17.2 Å². The van der Waals surface area contributed by atoms with Crippen LogP contribution in [0.1, 0.15) is 35.7 Å². The number of aliphatic hydroxyl groups is 1. The van der Waals surface area contributed by atoms with E-state index >= 15 is 0 Å². The summed E-state index contributed by atoms with van der Waals surface area (Å²) >= 11 is 0. The summed E-state index contributed by atoms with van der Waals surface area (Å²) in [5.41, 5.74) is 6.54. The molecule has 1 aromatic carbocycles. The van der Waals surface area contributed by atoms with Crippen LogP contribution in [0.15, 0.2) is 36.5 Å². The summed E-state index contributed by atoms with van der Waals surface area (Å²) in [5, 5.41) is 26.6. The number of primary amides is 1. The Bertz CT molecular complexity index is 765. The van der Waals surface area contributed by atoms with Gasteiger partial charge in [0.1, 0.15) is 5.56 Å². The van der Waals surface area contributed by atoms with Crippen molar-refractivity contribution in [2.24, 2.45) is 11.7 Å². The molecule has 3 rings (SSSR count). The van der Waals surface area contributed by atoms with Gasteiger partial charge in [0.2, 0.25) is 0 Å². The minimum Gasteiger partial charge on any atom is -0.393 e. The van der Waals surface area contributed by atoms with Gasteiger partial charge in [-0.15, -0.1) is 0 Å². The molecule has 3 atom stereocenters. The van der Waals surface area contributed by atoms with Gasteiger partial charge in [0, 0.05) is 11.9 Å². The molecule has 0 bridgehead atoms. The van der Waals surface area contributed by atoms with Crippen LogP contribution in [0.4, 0.5) is 11.5 Å². The van der Waals surface area contributed by atoms with Crippen molar-refractivity contribution in [1.29, 1.82) is 5.26 Å². The Morgan fingerprint density at radius 3 is 2.79 bits per heavy atom. The maximum absolute atomic E-state index is 11.7. The topological polar surface area (TPSA) is 117 Å². The van der Waals surface area contributed by atoms with Gasteiger partial charge in [0.05, 0.1) is 24.1 Å². The first-order valence-electron chi connectivity index (χ1n) is 7.87. The van der Waals surface area contributed by atoms with Crippen LogP contribution in [0.25, 0.3) is 0 Å². The number of nitrogens with one attached hydrogen (secondary N) is 1. The Labute approximate surface area is 139 Å². The standard InChI is InChI=1S/C17H19N5O2/c18-9-11-8-13(23)6-7-15(11)22-10-14(16(19)24)17(21-22)20-12-4-2-1-3-5-12/h1-5,10-11,13,15,23H,6-8H2,(H2,19,24)(H,20,21)/t11-,13+,15+/m1/s1. The monoisotopic (exact) mass is 325 g/mol. The molecular weight excluding hydrogens is 306 g/mol. The molecule has 4 N–H and O–H groups in total. The number of aliphatic hydroxyl groups excluding tert-OH is 1. The minimum absolute atomic E-state index is 0.178. The van der Waals surface area contributed by atoms with Crippen LogP contribution in [0.3, 0.4) is 0 Å². The molecule has 7 nitrogen and oxygen atoms in total. The lowest BCUT2D eigenvalue weighted by Crippen LogP contribution is -2.29. The number of nitriles is 1. The van der Waals surface area contributed by atoms with E-state index in [1.165, 1.54) is 0 Å². The number of hydrogen-bond donors (Lipinski definition) is 3. The molecule has 1 amide bonds. The fraction of sp³-hybridized carbons (Fsp3) is 0.353. The summed E-state index contributed by atoms with van der Waals surface area (Å²) in [6.45, 7) is 0. The van der Waals surface area contributed by atoms with E-state index < -0.39 is 12.0 Å². The van der Waals surface area contributed by atoms with Gasteiger partial charge in [-0.25, -0.2) is 0 Å². The van der Waals surface area contributed by atoms with E-state index in [2.05, 4.69) is 16.5 Å². The van der Waals surface area contributed by atoms with Gasteiger partial charge >= 0.3 is 0 Å². The van der Waals surface area contributed by atoms with Crippen molar-refractivity contribution in [3.63, 3.8) is 0 Å². The third-order valence-electron chi connectivity index (χ3n) is 4.33. The van der Waals surface area contributed by atoms with E-state index in [-0.39, 0.29) is 17.5 Å². The summed E-state index contributed by atoms with van der Waals surface area (Å²) in [6, 6.07) is 11.4. The smallest absolute Gasteiger partial charge is 0.254 e. The molecule has 2 aromatic rings. The number of anilines is 2. The highest BCUT2D eigenvalue weighted by Gasteiger charge is 2.32. The summed E-state index contributed by atoms with van der Waals surface area (Å²) in [4.78, 5) is 11.7.